The van der Waals surface area contributed by atoms with Crippen molar-refractivity contribution in [3.05, 3.63) is 0 Å². The fraction of sp³-hybridized carbons (Fsp3) is 0.857. The van der Waals surface area contributed by atoms with Crippen LogP contribution in [-0.4, -0.2) is 58.7 Å². The molecule has 0 bridgehead atoms. The summed E-state index contributed by atoms with van der Waals surface area (Å²) in [5.41, 5.74) is 0. The first kappa shape index (κ1) is 13.2. The topological polar surface area (TPSA) is 96.2 Å². The van der Waals surface area contributed by atoms with Gasteiger partial charge in [-0.2, -0.15) is 13.2 Å². The van der Waals surface area contributed by atoms with Crippen molar-refractivity contribution in [1.29, 1.82) is 0 Å². The first-order valence-corrected chi connectivity index (χ1v) is 4.17. The molecule has 1 aliphatic rings. The summed E-state index contributed by atoms with van der Waals surface area (Å²) in [6, 6.07) is 0. The van der Waals surface area contributed by atoms with Crippen molar-refractivity contribution in [3.8, 4) is 0 Å². The van der Waals surface area contributed by atoms with Crippen molar-refractivity contribution in [2.75, 3.05) is 6.61 Å². The molecule has 1 fully saturated rings. The maximum absolute atomic E-state index is 11.8. The van der Waals surface area contributed by atoms with Gasteiger partial charge in [-0.25, -0.2) is 4.79 Å². The minimum atomic E-state index is -5.22. The summed E-state index contributed by atoms with van der Waals surface area (Å²) in [5.74, 6) is -2.54. The third-order valence-corrected chi connectivity index (χ3v) is 1.95. The Labute approximate surface area is 87.2 Å². The van der Waals surface area contributed by atoms with Crippen LogP contribution >= 0.6 is 0 Å². The SMILES string of the molecule is O=C(OC1O[C@H](CO)[C@@H](O)[C@@H]1O)C(F)(F)F. The van der Waals surface area contributed by atoms with E-state index in [1.165, 1.54) is 0 Å². The second kappa shape index (κ2) is 4.53. The van der Waals surface area contributed by atoms with Crippen molar-refractivity contribution in [3.63, 3.8) is 0 Å². The lowest BCUT2D eigenvalue weighted by molar-refractivity contribution is -0.232. The fourth-order valence-electron chi connectivity index (χ4n) is 1.14. The van der Waals surface area contributed by atoms with Gasteiger partial charge in [-0.05, 0) is 0 Å². The maximum Gasteiger partial charge on any atom is 0.491 e. The van der Waals surface area contributed by atoms with E-state index in [1.54, 1.807) is 0 Å². The molecule has 0 amide bonds. The van der Waals surface area contributed by atoms with E-state index in [0.29, 0.717) is 0 Å². The molecule has 6 nitrogen and oxygen atoms in total. The highest BCUT2D eigenvalue weighted by atomic mass is 19.4. The van der Waals surface area contributed by atoms with E-state index in [-0.39, 0.29) is 0 Å². The Morgan fingerprint density at radius 2 is 1.88 bits per heavy atom. The number of esters is 1. The van der Waals surface area contributed by atoms with Crippen LogP contribution in [0.25, 0.3) is 0 Å². The smallest absolute Gasteiger partial charge is 0.426 e. The zero-order chi connectivity index (χ0) is 12.5. The Morgan fingerprint density at radius 3 is 2.25 bits per heavy atom. The highest BCUT2D eigenvalue weighted by Crippen LogP contribution is 2.25. The van der Waals surface area contributed by atoms with Gasteiger partial charge in [0, 0.05) is 0 Å². The van der Waals surface area contributed by atoms with Crippen LogP contribution in [0.15, 0.2) is 0 Å². The van der Waals surface area contributed by atoms with Gasteiger partial charge in [-0.15, -0.1) is 0 Å². The van der Waals surface area contributed by atoms with Gasteiger partial charge in [0.25, 0.3) is 0 Å². The molecule has 0 aliphatic carbocycles. The van der Waals surface area contributed by atoms with Gasteiger partial charge < -0.3 is 24.8 Å². The number of carbonyl (C=O) groups excluding carboxylic acids is 1. The zero-order valence-electron chi connectivity index (χ0n) is 7.72. The van der Waals surface area contributed by atoms with E-state index in [9.17, 15) is 18.0 Å². The zero-order valence-corrected chi connectivity index (χ0v) is 7.72. The molecule has 0 saturated carbocycles. The summed E-state index contributed by atoms with van der Waals surface area (Å²) in [7, 11) is 0. The minimum absolute atomic E-state index is 0.724. The molecule has 0 aromatic heterocycles. The predicted octanol–water partition coefficient (Wildman–Crippen LogP) is -1.47. The lowest BCUT2D eigenvalue weighted by Crippen LogP contribution is -2.38. The number of carbonyl (C=O) groups is 1. The lowest BCUT2D eigenvalue weighted by atomic mass is 10.1. The summed E-state index contributed by atoms with van der Waals surface area (Å²) in [6.45, 7) is -0.724. The number of aliphatic hydroxyl groups excluding tert-OH is 3. The van der Waals surface area contributed by atoms with E-state index >= 15 is 0 Å². The van der Waals surface area contributed by atoms with Crippen LogP contribution in [0.2, 0.25) is 0 Å². The number of rotatable bonds is 2. The van der Waals surface area contributed by atoms with Gasteiger partial charge in [0.2, 0.25) is 6.29 Å². The Kier molecular flexibility index (Phi) is 3.73. The van der Waals surface area contributed by atoms with E-state index < -0.39 is 43.4 Å². The van der Waals surface area contributed by atoms with Gasteiger partial charge in [-0.3, -0.25) is 0 Å². The van der Waals surface area contributed by atoms with E-state index in [0.717, 1.165) is 0 Å². The largest absolute Gasteiger partial charge is 0.491 e. The lowest BCUT2D eigenvalue weighted by Gasteiger charge is -2.16. The minimum Gasteiger partial charge on any atom is -0.426 e. The van der Waals surface area contributed by atoms with E-state index in [2.05, 4.69) is 9.47 Å². The second-order valence-corrected chi connectivity index (χ2v) is 3.11. The molecule has 4 atom stereocenters. The van der Waals surface area contributed by atoms with Gasteiger partial charge in [0.05, 0.1) is 6.61 Å². The molecule has 1 heterocycles. The van der Waals surface area contributed by atoms with Crippen molar-refractivity contribution in [2.24, 2.45) is 0 Å². The van der Waals surface area contributed by atoms with Crippen LogP contribution in [0.1, 0.15) is 0 Å². The highest BCUT2D eigenvalue weighted by Gasteiger charge is 2.49. The second-order valence-electron chi connectivity index (χ2n) is 3.11. The molecule has 1 aliphatic heterocycles. The standard InChI is InChI=1S/C7H9F3O6/c8-7(9,10)6(14)16-5-4(13)3(12)2(1-11)15-5/h2-5,11-13H,1H2/t2-,3-,4+,5?/m1/s1. The van der Waals surface area contributed by atoms with E-state index in [4.69, 9.17) is 15.3 Å². The summed E-state index contributed by atoms with van der Waals surface area (Å²) in [5, 5.41) is 26.9. The Balaban J connectivity index is 2.60. The average molecular weight is 246 g/mol. The molecule has 9 heteroatoms. The molecule has 0 spiro atoms. The third-order valence-electron chi connectivity index (χ3n) is 1.95. The molecular weight excluding hydrogens is 237 g/mol. The van der Waals surface area contributed by atoms with Gasteiger partial charge in [-0.1, -0.05) is 0 Å². The Morgan fingerprint density at radius 1 is 1.31 bits per heavy atom. The summed E-state index contributed by atoms with van der Waals surface area (Å²) in [6.07, 6.45) is -11.9. The summed E-state index contributed by atoms with van der Waals surface area (Å²) >= 11 is 0. The van der Waals surface area contributed by atoms with Crippen LogP contribution in [0.5, 0.6) is 0 Å². The van der Waals surface area contributed by atoms with E-state index in [1.807, 2.05) is 0 Å². The maximum atomic E-state index is 11.8. The van der Waals surface area contributed by atoms with Gasteiger partial charge >= 0.3 is 12.1 Å². The number of halogens is 3. The molecule has 1 unspecified atom stereocenters. The molecule has 0 aromatic rings. The van der Waals surface area contributed by atoms with Crippen molar-refractivity contribution >= 4 is 5.97 Å². The summed E-state index contributed by atoms with van der Waals surface area (Å²) < 4.78 is 43.6. The average Bonchev–Trinajstić information content (AvgIpc) is 2.44. The van der Waals surface area contributed by atoms with Crippen molar-refractivity contribution in [2.45, 2.75) is 30.8 Å². The number of aliphatic hydroxyl groups is 3. The fourth-order valence-corrected chi connectivity index (χ4v) is 1.14. The molecule has 0 radical (unpaired) electrons. The predicted molar refractivity (Wildman–Crippen MR) is 39.9 cm³/mol. The van der Waals surface area contributed by atoms with Crippen LogP contribution in [0.4, 0.5) is 13.2 Å². The van der Waals surface area contributed by atoms with Crippen LogP contribution in [0.3, 0.4) is 0 Å². The number of alkyl halides is 3. The quantitative estimate of drug-likeness (QED) is 0.515. The van der Waals surface area contributed by atoms with Crippen LogP contribution in [-0.2, 0) is 14.3 Å². The first-order chi connectivity index (χ1) is 7.27. The van der Waals surface area contributed by atoms with Crippen molar-refractivity contribution in [1.82, 2.24) is 0 Å². The molecule has 1 saturated heterocycles. The Hall–Kier alpha value is -0.900. The third kappa shape index (κ3) is 2.61. The molecule has 94 valence electrons. The monoisotopic (exact) mass is 246 g/mol. The number of ether oxygens (including phenoxy) is 2. The highest BCUT2D eigenvalue weighted by molar-refractivity contribution is 5.75. The van der Waals surface area contributed by atoms with Crippen LogP contribution < -0.4 is 0 Å². The molecule has 1 rings (SSSR count). The normalized spacial score (nSPS) is 35.1. The Bertz CT molecular complexity index is 267. The summed E-state index contributed by atoms with van der Waals surface area (Å²) in [4.78, 5) is 10.4. The van der Waals surface area contributed by atoms with Gasteiger partial charge in [0.1, 0.15) is 18.3 Å². The van der Waals surface area contributed by atoms with Crippen LogP contribution in [0, 0.1) is 0 Å². The molecular formula is C7H9F3O6. The molecule has 0 aromatic carbocycles. The first-order valence-electron chi connectivity index (χ1n) is 4.17. The molecule has 3 N–H and O–H groups in total. The molecule has 16 heavy (non-hydrogen) atoms. The van der Waals surface area contributed by atoms with Crippen molar-refractivity contribution < 1.29 is 42.8 Å². The number of hydrogen-bond acceptors (Lipinski definition) is 6. The number of hydrogen-bond donors (Lipinski definition) is 3. The van der Waals surface area contributed by atoms with Gasteiger partial charge in [0.15, 0.2) is 0 Å².